The molecule has 1 aliphatic rings. The van der Waals surface area contributed by atoms with E-state index in [1.54, 1.807) is 0 Å². The first-order valence-electron chi connectivity index (χ1n) is 8.10. The second-order valence-corrected chi connectivity index (χ2v) is 6.68. The zero-order valence-corrected chi connectivity index (χ0v) is 13.5. The van der Waals surface area contributed by atoms with E-state index >= 15 is 0 Å². The molecule has 1 aliphatic heterocycles. The van der Waals surface area contributed by atoms with Gasteiger partial charge in [-0.05, 0) is 50.9 Å². The summed E-state index contributed by atoms with van der Waals surface area (Å²) in [4.78, 5) is 14.8. The minimum atomic E-state index is 0.137. The summed E-state index contributed by atoms with van der Waals surface area (Å²) in [5.41, 5.74) is 1.22. The largest absolute Gasteiger partial charge is 0.349 e. The molecule has 1 fully saturated rings. The Balaban J connectivity index is 1.99. The second-order valence-electron chi connectivity index (χ2n) is 6.68. The number of piperidine rings is 1. The number of benzene rings is 1. The highest BCUT2D eigenvalue weighted by Crippen LogP contribution is 2.23. The van der Waals surface area contributed by atoms with Gasteiger partial charge in [0.1, 0.15) is 0 Å². The van der Waals surface area contributed by atoms with Crippen molar-refractivity contribution in [2.75, 3.05) is 20.1 Å². The molecule has 1 aromatic rings. The summed E-state index contributed by atoms with van der Waals surface area (Å²) < 4.78 is 0. The fourth-order valence-electron chi connectivity index (χ4n) is 3.00. The minimum absolute atomic E-state index is 0.137. The molecule has 0 radical (unpaired) electrons. The average Bonchev–Trinajstić information content (AvgIpc) is 2.47. The van der Waals surface area contributed by atoms with E-state index < -0.39 is 0 Å². The number of hydrogen-bond acceptors (Lipinski definition) is 2. The van der Waals surface area contributed by atoms with Crippen molar-refractivity contribution in [3.8, 4) is 0 Å². The third-order valence-corrected chi connectivity index (χ3v) is 4.31. The Morgan fingerprint density at radius 3 is 2.43 bits per heavy atom. The molecule has 0 saturated carbocycles. The number of rotatable bonds is 5. The minimum Gasteiger partial charge on any atom is -0.349 e. The third-order valence-electron chi connectivity index (χ3n) is 4.31. The van der Waals surface area contributed by atoms with Crippen LogP contribution in [0.2, 0.25) is 0 Å². The quantitative estimate of drug-likeness (QED) is 0.902. The van der Waals surface area contributed by atoms with Crippen LogP contribution in [0.5, 0.6) is 0 Å². The summed E-state index contributed by atoms with van der Waals surface area (Å²) in [5.74, 6) is 0.977. The third kappa shape index (κ3) is 4.85. The van der Waals surface area contributed by atoms with Gasteiger partial charge in [-0.3, -0.25) is 4.79 Å². The topological polar surface area (TPSA) is 32.3 Å². The summed E-state index contributed by atoms with van der Waals surface area (Å²) >= 11 is 0. The van der Waals surface area contributed by atoms with Gasteiger partial charge < -0.3 is 10.2 Å². The number of likely N-dealkylation sites (tertiary alicyclic amines) is 1. The van der Waals surface area contributed by atoms with Crippen LogP contribution in [-0.4, -0.2) is 30.9 Å². The van der Waals surface area contributed by atoms with Gasteiger partial charge in [-0.25, -0.2) is 0 Å². The molecule has 21 heavy (non-hydrogen) atoms. The van der Waals surface area contributed by atoms with Crippen molar-refractivity contribution in [2.24, 2.45) is 11.8 Å². The van der Waals surface area contributed by atoms with E-state index in [4.69, 9.17) is 0 Å². The van der Waals surface area contributed by atoms with Crippen LogP contribution in [0.4, 0.5) is 0 Å². The Morgan fingerprint density at radius 1 is 1.24 bits per heavy atom. The summed E-state index contributed by atoms with van der Waals surface area (Å²) in [7, 11) is 2.12. The molecule has 1 atom stereocenters. The lowest BCUT2D eigenvalue weighted by Crippen LogP contribution is -2.40. The lowest BCUT2D eigenvalue weighted by atomic mass is 9.93. The smallest absolute Gasteiger partial charge is 0.223 e. The van der Waals surface area contributed by atoms with Crippen molar-refractivity contribution in [1.29, 1.82) is 0 Å². The normalized spacial score (nSPS) is 18.7. The Morgan fingerprint density at radius 2 is 1.86 bits per heavy atom. The zero-order valence-electron chi connectivity index (χ0n) is 13.5. The number of nitrogens with zero attached hydrogens (tertiary/aromatic N) is 1. The molecule has 3 heteroatoms. The maximum absolute atomic E-state index is 12.5. The van der Waals surface area contributed by atoms with Crippen LogP contribution in [0, 0.1) is 11.8 Å². The predicted octanol–water partition coefficient (Wildman–Crippen LogP) is 3.23. The molecule has 0 bridgehead atoms. The fraction of sp³-hybridized carbons (Fsp3) is 0.611. The maximum Gasteiger partial charge on any atom is 0.223 e. The number of carbonyl (C=O) groups excluding carboxylic acids is 1. The van der Waals surface area contributed by atoms with Gasteiger partial charge in [0, 0.05) is 5.92 Å². The standard InChI is InChI=1S/C18H28N2O/c1-14(2)13-17(15-7-5-4-6-8-15)19-18(21)16-9-11-20(3)12-10-16/h4-8,14,16-17H,9-13H2,1-3H3,(H,19,21). The average molecular weight is 288 g/mol. The van der Waals surface area contributed by atoms with Crippen molar-refractivity contribution in [2.45, 2.75) is 39.2 Å². The van der Waals surface area contributed by atoms with Crippen molar-refractivity contribution in [1.82, 2.24) is 10.2 Å². The molecule has 0 spiro atoms. The van der Waals surface area contributed by atoms with Gasteiger partial charge in [-0.2, -0.15) is 0 Å². The molecule has 116 valence electrons. The Bertz CT molecular complexity index is 436. The van der Waals surface area contributed by atoms with Gasteiger partial charge in [-0.1, -0.05) is 44.2 Å². The first kappa shape index (κ1) is 16.0. The molecule has 1 amide bonds. The Hall–Kier alpha value is -1.35. The van der Waals surface area contributed by atoms with Gasteiger partial charge in [0.15, 0.2) is 0 Å². The first-order chi connectivity index (χ1) is 10.1. The van der Waals surface area contributed by atoms with Gasteiger partial charge in [0.05, 0.1) is 6.04 Å². The molecular formula is C18H28N2O. The van der Waals surface area contributed by atoms with Crippen LogP contribution < -0.4 is 5.32 Å². The highest BCUT2D eigenvalue weighted by molar-refractivity contribution is 5.79. The monoisotopic (exact) mass is 288 g/mol. The van der Waals surface area contributed by atoms with Crippen molar-refractivity contribution >= 4 is 5.91 Å². The van der Waals surface area contributed by atoms with Crippen LogP contribution in [0.3, 0.4) is 0 Å². The number of nitrogens with one attached hydrogen (secondary N) is 1. The van der Waals surface area contributed by atoms with Crippen LogP contribution in [-0.2, 0) is 4.79 Å². The van der Waals surface area contributed by atoms with Gasteiger partial charge in [0.25, 0.3) is 0 Å². The van der Waals surface area contributed by atoms with Crippen LogP contribution in [0.1, 0.15) is 44.7 Å². The second kappa shape index (κ2) is 7.60. The lowest BCUT2D eigenvalue weighted by Gasteiger charge is -2.30. The van der Waals surface area contributed by atoms with Gasteiger partial charge >= 0.3 is 0 Å². The molecular weight excluding hydrogens is 260 g/mol. The molecule has 0 aromatic heterocycles. The van der Waals surface area contributed by atoms with Crippen LogP contribution in [0.25, 0.3) is 0 Å². The number of carbonyl (C=O) groups is 1. The zero-order chi connectivity index (χ0) is 15.2. The summed E-state index contributed by atoms with van der Waals surface area (Å²) in [5, 5.41) is 3.29. The molecule has 3 nitrogen and oxygen atoms in total. The maximum atomic E-state index is 12.5. The van der Waals surface area contributed by atoms with Crippen LogP contribution >= 0.6 is 0 Å². The summed E-state index contributed by atoms with van der Waals surface area (Å²) in [6.07, 6.45) is 2.94. The summed E-state index contributed by atoms with van der Waals surface area (Å²) in [6, 6.07) is 10.5. The van der Waals surface area contributed by atoms with Crippen molar-refractivity contribution in [3.05, 3.63) is 35.9 Å². The lowest BCUT2D eigenvalue weighted by molar-refractivity contribution is -0.127. The Kier molecular flexibility index (Phi) is 5.80. The molecule has 1 aromatic carbocycles. The van der Waals surface area contributed by atoms with E-state index in [0.29, 0.717) is 5.92 Å². The van der Waals surface area contributed by atoms with Gasteiger partial charge in [0.2, 0.25) is 5.91 Å². The SMILES string of the molecule is CC(C)CC(NC(=O)C1CCN(C)CC1)c1ccccc1. The van der Waals surface area contributed by atoms with Crippen LogP contribution in [0.15, 0.2) is 30.3 Å². The van der Waals surface area contributed by atoms with E-state index in [1.807, 2.05) is 18.2 Å². The molecule has 2 rings (SSSR count). The Labute approximate surface area is 128 Å². The van der Waals surface area contributed by atoms with E-state index in [1.165, 1.54) is 5.56 Å². The highest BCUT2D eigenvalue weighted by Gasteiger charge is 2.25. The molecule has 1 unspecified atom stereocenters. The van der Waals surface area contributed by atoms with E-state index in [9.17, 15) is 4.79 Å². The fourth-order valence-corrected chi connectivity index (χ4v) is 3.00. The first-order valence-corrected chi connectivity index (χ1v) is 8.10. The van der Waals surface area contributed by atoms with Crippen molar-refractivity contribution < 1.29 is 4.79 Å². The highest BCUT2D eigenvalue weighted by atomic mass is 16.1. The van der Waals surface area contributed by atoms with Gasteiger partial charge in [-0.15, -0.1) is 0 Å². The number of amides is 1. The molecule has 1 N–H and O–H groups in total. The number of hydrogen-bond donors (Lipinski definition) is 1. The molecule has 0 aliphatic carbocycles. The summed E-state index contributed by atoms with van der Waals surface area (Å²) in [6.45, 7) is 6.46. The molecule has 1 heterocycles. The molecule has 1 saturated heterocycles. The van der Waals surface area contributed by atoms with E-state index in [0.717, 1.165) is 32.4 Å². The van der Waals surface area contributed by atoms with Crippen molar-refractivity contribution in [3.63, 3.8) is 0 Å². The van der Waals surface area contributed by atoms with E-state index in [-0.39, 0.29) is 17.9 Å². The predicted molar refractivity (Wildman–Crippen MR) is 87.0 cm³/mol. The van der Waals surface area contributed by atoms with E-state index in [2.05, 4.69) is 43.2 Å².